The Labute approximate surface area is 106 Å². The number of pyridine rings is 1. The van der Waals surface area contributed by atoms with Crippen LogP contribution in [-0.4, -0.2) is 31.6 Å². The van der Waals surface area contributed by atoms with E-state index in [1.807, 2.05) is 0 Å². The third kappa shape index (κ3) is 1.82. The summed E-state index contributed by atoms with van der Waals surface area (Å²) in [6.45, 7) is 0. The summed E-state index contributed by atoms with van der Waals surface area (Å²) in [6, 6.07) is 3.36. The van der Waals surface area contributed by atoms with E-state index in [4.69, 9.17) is 0 Å². The highest BCUT2D eigenvalue weighted by atomic mass is 19.1. The number of H-pyrrole nitrogens is 1. The van der Waals surface area contributed by atoms with Gasteiger partial charge < -0.3 is 5.32 Å². The Morgan fingerprint density at radius 2 is 2.26 bits per heavy atom. The molecule has 0 saturated carbocycles. The molecule has 0 aliphatic carbocycles. The van der Waals surface area contributed by atoms with Gasteiger partial charge in [-0.15, -0.1) is 0 Å². The van der Waals surface area contributed by atoms with Gasteiger partial charge in [-0.25, -0.2) is 28.7 Å². The fourth-order valence-corrected chi connectivity index (χ4v) is 1.72. The van der Waals surface area contributed by atoms with Gasteiger partial charge in [0.1, 0.15) is 0 Å². The van der Waals surface area contributed by atoms with Gasteiger partial charge in [0.25, 0.3) is 0 Å². The lowest BCUT2D eigenvalue weighted by molar-refractivity contribution is 0.619. The normalized spacial score (nSPS) is 10.8. The van der Waals surface area contributed by atoms with Crippen molar-refractivity contribution in [3.05, 3.63) is 40.8 Å². The van der Waals surface area contributed by atoms with Crippen LogP contribution in [0.3, 0.4) is 0 Å². The van der Waals surface area contributed by atoms with E-state index in [9.17, 15) is 9.18 Å². The van der Waals surface area contributed by atoms with Gasteiger partial charge >= 0.3 is 5.69 Å². The maximum absolute atomic E-state index is 13.3. The van der Waals surface area contributed by atoms with E-state index in [2.05, 4.69) is 25.5 Å². The van der Waals surface area contributed by atoms with E-state index in [-0.39, 0.29) is 11.5 Å². The average molecular weight is 260 g/mol. The summed E-state index contributed by atoms with van der Waals surface area (Å²) in [7, 11) is 1.57. The molecule has 0 aromatic carbocycles. The summed E-state index contributed by atoms with van der Waals surface area (Å²) < 4.78 is 14.6. The number of nitrogens with one attached hydrogen (secondary N) is 2. The van der Waals surface area contributed by atoms with Crippen molar-refractivity contribution in [3.8, 4) is 11.4 Å². The minimum Gasteiger partial charge on any atom is -0.371 e. The van der Waals surface area contributed by atoms with Crippen molar-refractivity contribution in [3.63, 3.8) is 0 Å². The van der Waals surface area contributed by atoms with Crippen LogP contribution >= 0.6 is 0 Å². The minimum atomic E-state index is -0.534. The molecule has 0 bridgehead atoms. The molecule has 3 aromatic heterocycles. The number of nitrogens with zero attached hydrogens (tertiary/aromatic N) is 4. The molecule has 19 heavy (non-hydrogen) atoms. The van der Waals surface area contributed by atoms with Gasteiger partial charge in [0.05, 0.1) is 6.20 Å². The van der Waals surface area contributed by atoms with E-state index >= 15 is 0 Å². The number of aromatic amines is 1. The Morgan fingerprint density at radius 3 is 3.05 bits per heavy atom. The van der Waals surface area contributed by atoms with Gasteiger partial charge in [-0.05, 0) is 12.1 Å². The Bertz CT molecular complexity index is 808. The molecule has 0 unspecified atom stereocenters. The standard InChI is InChI=1S/C11H9FN6O/c1-13-10-7(12)4-14-9(15-10)6-2-3-8-16-17-11(19)18(8)5-6/h2-5H,1H3,(H,17,19)(H,13,14,15). The molecule has 0 atom stereocenters. The number of halogens is 1. The van der Waals surface area contributed by atoms with Crippen molar-refractivity contribution in [2.24, 2.45) is 0 Å². The van der Waals surface area contributed by atoms with Crippen molar-refractivity contribution >= 4 is 11.5 Å². The lowest BCUT2D eigenvalue weighted by atomic mass is 10.2. The molecule has 0 fully saturated rings. The van der Waals surface area contributed by atoms with Crippen LogP contribution in [-0.2, 0) is 0 Å². The second-order valence-corrected chi connectivity index (χ2v) is 3.81. The zero-order chi connectivity index (χ0) is 13.4. The van der Waals surface area contributed by atoms with Crippen LogP contribution in [0.4, 0.5) is 10.2 Å². The third-order valence-electron chi connectivity index (χ3n) is 2.65. The molecule has 3 heterocycles. The van der Waals surface area contributed by atoms with Crippen LogP contribution in [0.25, 0.3) is 17.0 Å². The van der Waals surface area contributed by atoms with E-state index in [0.717, 1.165) is 6.20 Å². The number of anilines is 1. The molecule has 0 radical (unpaired) electrons. The SMILES string of the molecule is CNc1nc(-c2ccc3n[nH]c(=O)n3c2)ncc1F. The largest absolute Gasteiger partial charge is 0.371 e. The summed E-state index contributed by atoms with van der Waals surface area (Å²) >= 11 is 0. The van der Waals surface area contributed by atoms with Crippen LogP contribution in [0.2, 0.25) is 0 Å². The molecule has 0 aliphatic rings. The first-order chi connectivity index (χ1) is 9.19. The van der Waals surface area contributed by atoms with E-state index in [0.29, 0.717) is 17.0 Å². The Morgan fingerprint density at radius 1 is 1.42 bits per heavy atom. The molecule has 2 N–H and O–H groups in total. The highest BCUT2D eigenvalue weighted by Gasteiger charge is 2.09. The topological polar surface area (TPSA) is 88.0 Å². The van der Waals surface area contributed by atoms with E-state index in [1.165, 1.54) is 4.40 Å². The zero-order valence-corrected chi connectivity index (χ0v) is 9.88. The van der Waals surface area contributed by atoms with Gasteiger partial charge in [0.15, 0.2) is 23.1 Å². The number of hydrogen-bond donors (Lipinski definition) is 2. The highest BCUT2D eigenvalue weighted by molar-refractivity contribution is 5.58. The molecule has 0 amide bonds. The number of aromatic nitrogens is 5. The monoisotopic (exact) mass is 260 g/mol. The first kappa shape index (κ1) is 11.3. The van der Waals surface area contributed by atoms with Gasteiger partial charge in [0, 0.05) is 18.8 Å². The molecule has 0 aliphatic heterocycles. The lowest BCUT2D eigenvalue weighted by Gasteiger charge is -2.04. The molecule has 96 valence electrons. The van der Waals surface area contributed by atoms with Crippen LogP contribution < -0.4 is 11.0 Å². The Hall–Kier alpha value is -2.77. The summed E-state index contributed by atoms with van der Waals surface area (Å²) in [5.41, 5.74) is 0.727. The van der Waals surface area contributed by atoms with Crippen molar-refractivity contribution in [1.29, 1.82) is 0 Å². The molecular weight excluding hydrogens is 251 g/mol. The summed E-state index contributed by atoms with van der Waals surface area (Å²) in [4.78, 5) is 19.4. The number of hydrogen-bond acceptors (Lipinski definition) is 5. The first-order valence-corrected chi connectivity index (χ1v) is 5.46. The molecule has 0 spiro atoms. The van der Waals surface area contributed by atoms with Crippen LogP contribution in [0.5, 0.6) is 0 Å². The van der Waals surface area contributed by atoms with Gasteiger partial charge in [-0.1, -0.05) is 0 Å². The molecular formula is C11H9FN6O. The smallest absolute Gasteiger partial charge is 0.347 e. The molecule has 3 aromatic rings. The second-order valence-electron chi connectivity index (χ2n) is 3.81. The third-order valence-corrected chi connectivity index (χ3v) is 2.65. The minimum absolute atomic E-state index is 0.102. The Kier molecular flexibility index (Phi) is 2.48. The first-order valence-electron chi connectivity index (χ1n) is 5.46. The lowest BCUT2D eigenvalue weighted by Crippen LogP contribution is -2.09. The van der Waals surface area contributed by atoms with Crippen LogP contribution in [0.1, 0.15) is 0 Å². The molecule has 3 rings (SSSR count). The van der Waals surface area contributed by atoms with Gasteiger partial charge in [-0.2, -0.15) is 5.10 Å². The van der Waals surface area contributed by atoms with E-state index < -0.39 is 5.82 Å². The summed E-state index contributed by atoms with van der Waals surface area (Å²) in [6.07, 6.45) is 2.63. The van der Waals surface area contributed by atoms with Crippen molar-refractivity contribution in [1.82, 2.24) is 24.6 Å². The molecule has 8 heteroatoms. The highest BCUT2D eigenvalue weighted by Crippen LogP contribution is 2.18. The van der Waals surface area contributed by atoms with Crippen molar-refractivity contribution in [2.75, 3.05) is 12.4 Å². The molecule has 0 saturated heterocycles. The van der Waals surface area contributed by atoms with Gasteiger partial charge in [0.2, 0.25) is 0 Å². The molecule has 7 nitrogen and oxygen atoms in total. The second kappa shape index (κ2) is 4.16. The van der Waals surface area contributed by atoms with Gasteiger partial charge in [-0.3, -0.25) is 0 Å². The maximum atomic E-state index is 13.3. The summed E-state index contributed by atoms with van der Waals surface area (Å²) in [5.74, 6) is -0.113. The van der Waals surface area contributed by atoms with Crippen LogP contribution in [0.15, 0.2) is 29.3 Å². The maximum Gasteiger partial charge on any atom is 0.347 e. The van der Waals surface area contributed by atoms with E-state index in [1.54, 1.807) is 25.4 Å². The average Bonchev–Trinajstić information content (AvgIpc) is 2.80. The fraction of sp³-hybridized carbons (Fsp3) is 0.0909. The fourth-order valence-electron chi connectivity index (χ4n) is 1.72. The van der Waals surface area contributed by atoms with Crippen molar-refractivity contribution in [2.45, 2.75) is 0 Å². The number of rotatable bonds is 2. The summed E-state index contributed by atoms with van der Waals surface area (Å²) in [5, 5.41) is 8.78. The van der Waals surface area contributed by atoms with Crippen LogP contribution in [0, 0.1) is 5.82 Å². The number of fused-ring (bicyclic) bond motifs is 1. The Balaban J connectivity index is 2.18. The predicted molar refractivity (Wildman–Crippen MR) is 66.3 cm³/mol. The predicted octanol–water partition coefficient (Wildman–Crippen LogP) is 0.660. The quantitative estimate of drug-likeness (QED) is 0.706. The zero-order valence-electron chi connectivity index (χ0n) is 9.88. The van der Waals surface area contributed by atoms with Crippen molar-refractivity contribution < 1.29 is 4.39 Å².